The van der Waals surface area contributed by atoms with Crippen LogP contribution in [0.4, 0.5) is 0 Å². The van der Waals surface area contributed by atoms with Crippen LogP contribution >= 0.6 is 0 Å². The molecule has 5 nitrogen and oxygen atoms in total. The van der Waals surface area contributed by atoms with Crippen LogP contribution < -0.4 is 10.9 Å². The highest BCUT2D eigenvalue weighted by atomic mass is 16.7. The Bertz CT molecular complexity index is 513. The first-order chi connectivity index (χ1) is 10.8. The summed E-state index contributed by atoms with van der Waals surface area (Å²) in [4.78, 5) is 11.6. The van der Waals surface area contributed by atoms with Gasteiger partial charge in [0, 0.05) is 37.7 Å². The highest BCUT2D eigenvalue weighted by Crippen LogP contribution is 2.35. The van der Waals surface area contributed by atoms with Crippen LogP contribution in [0.1, 0.15) is 38.5 Å². The fraction of sp³-hybridized carbons (Fsp3) is 0.706. The summed E-state index contributed by atoms with van der Waals surface area (Å²) in [7, 11) is 0. The molecule has 1 aromatic heterocycles. The molecular weight excluding hydrogens is 280 g/mol. The van der Waals surface area contributed by atoms with Crippen molar-refractivity contribution in [2.75, 3.05) is 19.8 Å². The zero-order valence-electron chi connectivity index (χ0n) is 13.1. The van der Waals surface area contributed by atoms with Crippen LogP contribution in [0.25, 0.3) is 0 Å². The quantitative estimate of drug-likeness (QED) is 0.816. The third-order valence-electron chi connectivity index (χ3n) is 4.72. The summed E-state index contributed by atoms with van der Waals surface area (Å²) in [5, 5.41) is 3.63. The van der Waals surface area contributed by atoms with E-state index < -0.39 is 0 Å². The Morgan fingerprint density at radius 1 is 1.18 bits per heavy atom. The number of nitrogens with zero attached hydrogens (tertiary/aromatic N) is 1. The average molecular weight is 306 g/mol. The van der Waals surface area contributed by atoms with Crippen molar-refractivity contribution in [2.24, 2.45) is 0 Å². The van der Waals surface area contributed by atoms with Gasteiger partial charge in [-0.3, -0.25) is 4.79 Å². The molecule has 1 aromatic rings. The van der Waals surface area contributed by atoms with Gasteiger partial charge in [-0.05, 0) is 38.3 Å². The van der Waals surface area contributed by atoms with Gasteiger partial charge in [0.05, 0.1) is 13.2 Å². The van der Waals surface area contributed by atoms with E-state index in [0.29, 0.717) is 6.04 Å². The van der Waals surface area contributed by atoms with E-state index in [1.165, 1.54) is 0 Å². The summed E-state index contributed by atoms with van der Waals surface area (Å²) in [6.45, 7) is 3.31. The maximum absolute atomic E-state index is 11.6. The second-order valence-corrected chi connectivity index (χ2v) is 6.28. The Balaban J connectivity index is 1.30. The average Bonchev–Trinajstić information content (AvgIpc) is 2.99. The van der Waals surface area contributed by atoms with Crippen LogP contribution in [0, 0.1) is 0 Å². The van der Waals surface area contributed by atoms with Gasteiger partial charge in [0.2, 0.25) is 5.56 Å². The third kappa shape index (κ3) is 3.97. The Labute approximate surface area is 131 Å². The predicted molar refractivity (Wildman–Crippen MR) is 84.8 cm³/mol. The number of ether oxygens (including phenoxy) is 2. The molecule has 1 aliphatic heterocycles. The zero-order chi connectivity index (χ0) is 15.3. The lowest BCUT2D eigenvalue weighted by molar-refractivity contribution is -0.179. The molecule has 3 rings (SSSR count). The standard InChI is InChI=1S/C17H26N2O3/c20-16-5-1-3-11-19(16)12-4-2-10-18-15-6-8-17(9-7-15)21-13-14-22-17/h1,3,5,11,15,18H,2,4,6-10,12-14H2. The van der Waals surface area contributed by atoms with Crippen molar-refractivity contribution in [3.05, 3.63) is 34.7 Å². The Kier molecular flexibility index (Phi) is 5.28. The fourth-order valence-corrected chi connectivity index (χ4v) is 3.41. The lowest BCUT2D eigenvalue weighted by Gasteiger charge is -2.35. The largest absolute Gasteiger partial charge is 0.348 e. The number of aryl methyl sites for hydroxylation is 1. The Hall–Kier alpha value is -1.17. The minimum Gasteiger partial charge on any atom is -0.348 e. The number of hydrogen-bond donors (Lipinski definition) is 1. The van der Waals surface area contributed by atoms with Gasteiger partial charge >= 0.3 is 0 Å². The first-order valence-corrected chi connectivity index (χ1v) is 8.44. The van der Waals surface area contributed by atoms with Crippen molar-refractivity contribution in [3.63, 3.8) is 0 Å². The summed E-state index contributed by atoms with van der Waals surface area (Å²) >= 11 is 0. The molecule has 0 aromatic carbocycles. The Morgan fingerprint density at radius 3 is 2.68 bits per heavy atom. The molecule has 1 saturated carbocycles. The molecule has 0 amide bonds. The van der Waals surface area contributed by atoms with E-state index in [4.69, 9.17) is 9.47 Å². The van der Waals surface area contributed by atoms with E-state index in [0.717, 1.165) is 64.8 Å². The molecule has 1 N–H and O–H groups in total. The van der Waals surface area contributed by atoms with E-state index in [2.05, 4.69) is 5.32 Å². The normalized spacial score (nSPS) is 21.5. The molecule has 0 atom stereocenters. The summed E-state index contributed by atoms with van der Waals surface area (Å²) < 4.78 is 13.3. The van der Waals surface area contributed by atoms with Gasteiger partial charge in [-0.2, -0.15) is 0 Å². The van der Waals surface area contributed by atoms with Crippen LogP contribution in [0.15, 0.2) is 29.2 Å². The molecule has 122 valence electrons. The van der Waals surface area contributed by atoms with Gasteiger partial charge in [-0.25, -0.2) is 0 Å². The monoisotopic (exact) mass is 306 g/mol. The number of rotatable bonds is 6. The van der Waals surface area contributed by atoms with Crippen LogP contribution in [-0.2, 0) is 16.0 Å². The maximum Gasteiger partial charge on any atom is 0.250 e. The summed E-state index contributed by atoms with van der Waals surface area (Å²) in [6.07, 6.45) is 8.23. The topological polar surface area (TPSA) is 52.5 Å². The number of nitrogens with one attached hydrogen (secondary N) is 1. The predicted octanol–water partition coefficient (Wildman–Crippen LogP) is 1.90. The molecule has 22 heavy (non-hydrogen) atoms. The van der Waals surface area contributed by atoms with Crippen molar-refractivity contribution < 1.29 is 9.47 Å². The molecule has 2 fully saturated rings. The Morgan fingerprint density at radius 2 is 1.95 bits per heavy atom. The zero-order valence-corrected chi connectivity index (χ0v) is 13.1. The van der Waals surface area contributed by atoms with E-state index >= 15 is 0 Å². The molecule has 2 aliphatic rings. The molecule has 2 heterocycles. The smallest absolute Gasteiger partial charge is 0.250 e. The molecule has 0 radical (unpaired) electrons. The van der Waals surface area contributed by atoms with Crippen LogP contribution in [0.2, 0.25) is 0 Å². The summed E-state index contributed by atoms with van der Waals surface area (Å²) in [6, 6.07) is 5.89. The molecule has 1 spiro atoms. The number of pyridine rings is 1. The second-order valence-electron chi connectivity index (χ2n) is 6.28. The van der Waals surface area contributed by atoms with Crippen molar-refractivity contribution >= 4 is 0 Å². The van der Waals surface area contributed by atoms with E-state index in [9.17, 15) is 4.79 Å². The molecule has 1 aliphatic carbocycles. The highest BCUT2D eigenvalue weighted by molar-refractivity contribution is 4.93. The van der Waals surface area contributed by atoms with Gasteiger partial charge < -0.3 is 19.4 Å². The first-order valence-electron chi connectivity index (χ1n) is 8.44. The minimum absolute atomic E-state index is 0.0876. The van der Waals surface area contributed by atoms with Gasteiger partial charge in [0.1, 0.15) is 0 Å². The highest BCUT2D eigenvalue weighted by Gasteiger charge is 2.39. The van der Waals surface area contributed by atoms with Gasteiger partial charge in [-0.1, -0.05) is 6.07 Å². The lowest BCUT2D eigenvalue weighted by Crippen LogP contribution is -2.42. The molecule has 0 bridgehead atoms. The molecule has 0 unspecified atom stereocenters. The number of hydrogen-bond acceptors (Lipinski definition) is 4. The van der Waals surface area contributed by atoms with Crippen molar-refractivity contribution in [1.29, 1.82) is 0 Å². The summed E-state index contributed by atoms with van der Waals surface area (Å²) in [5.41, 5.74) is 0.0876. The van der Waals surface area contributed by atoms with Crippen molar-refractivity contribution in [2.45, 2.75) is 56.9 Å². The maximum atomic E-state index is 11.6. The minimum atomic E-state index is -0.257. The van der Waals surface area contributed by atoms with Crippen LogP contribution in [-0.4, -0.2) is 36.2 Å². The van der Waals surface area contributed by atoms with Crippen LogP contribution in [0.3, 0.4) is 0 Å². The van der Waals surface area contributed by atoms with E-state index in [-0.39, 0.29) is 11.3 Å². The van der Waals surface area contributed by atoms with Gasteiger partial charge in [-0.15, -0.1) is 0 Å². The first kappa shape index (κ1) is 15.7. The third-order valence-corrected chi connectivity index (χ3v) is 4.72. The van der Waals surface area contributed by atoms with Gasteiger partial charge in [0.15, 0.2) is 5.79 Å². The lowest BCUT2D eigenvalue weighted by atomic mass is 9.90. The van der Waals surface area contributed by atoms with E-state index in [1.54, 1.807) is 16.7 Å². The van der Waals surface area contributed by atoms with Gasteiger partial charge in [0.25, 0.3) is 0 Å². The fourth-order valence-electron chi connectivity index (χ4n) is 3.41. The SMILES string of the molecule is O=c1ccccn1CCCCNC1CCC2(CC1)OCCO2. The summed E-state index contributed by atoms with van der Waals surface area (Å²) in [5.74, 6) is -0.257. The number of unbranched alkanes of at least 4 members (excludes halogenated alkanes) is 1. The van der Waals surface area contributed by atoms with Crippen molar-refractivity contribution in [1.82, 2.24) is 9.88 Å². The second kappa shape index (κ2) is 7.40. The van der Waals surface area contributed by atoms with Crippen LogP contribution in [0.5, 0.6) is 0 Å². The van der Waals surface area contributed by atoms with Crippen molar-refractivity contribution in [3.8, 4) is 0 Å². The number of aromatic nitrogens is 1. The molecular formula is C17H26N2O3. The van der Waals surface area contributed by atoms with E-state index in [1.807, 2.05) is 12.3 Å². The molecule has 5 heteroatoms. The molecule has 1 saturated heterocycles.